The van der Waals surface area contributed by atoms with Crippen LogP contribution in [0.5, 0.6) is 11.5 Å². The number of carbonyl (C=O) groups excluding carboxylic acids is 3. The van der Waals surface area contributed by atoms with E-state index in [2.05, 4.69) is 0 Å². The van der Waals surface area contributed by atoms with E-state index >= 15 is 0 Å². The molecule has 0 amide bonds. The summed E-state index contributed by atoms with van der Waals surface area (Å²) in [5.41, 5.74) is 5.93. The molecule has 1 aromatic rings. The fourth-order valence-electron chi connectivity index (χ4n) is 4.15. The van der Waals surface area contributed by atoms with Gasteiger partial charge in [0.05, 0.1) is 5.41 Å². The molecule has 226 valence electrons. The molecule has 0 aliphatic carbocycles. The first-order chi connectivity index (χ1) is 18.8. The number of rotatable bonds is 18. The minimum absolute atomic E-state index is 0.0226. The number of carboxylic acid groups (broad SMARTS) is 1. The van der Waals surface area contributed by atoms with E-state index < -0.39 is 47.3 Å². The number of ether oxygens (including phenoxy) is 3. The van der Waals surface area contributed by atoms with Crippen LogP contribution in [0.15, 0.2) is 18.2 Å². The quantitative estimate of drug-likeness (QED) is 0.122. The first kappa shape index (κ1) is 35.1. The van der Waals surface area contributed by atoms with Crippen LogP contribution in [0, 0.1) is 11.3 Å². The average Bonchev–Trinajstić information content (AvgIpc) is 2.90. The number of aliphatic carboxylic acids is 1. The lowest BCUT2D eigenvalue weighted by Gasteiger charge is -2.33. The van der Waals surface area contributed by atoms with Gasteiger partial charge in [0.2, 0.25) is 0 Å². The minimum atomic E-state index is -1.34. The Bertz CT molecular complexity index is 990. The van der Waals surface area contributed by atoms with Crippen molar-refractivity contribution in [3.05, 3.63) is 23.8 Å². The van der Waals surface area contributed by atoms with Crippen molar-refractivity contribution in [2.45, 2.75) is 124 Å². The summed E-state index contributed by atoms with van der Waals surface area (Å²) in [6.07, 6.45) is 5.31. The summed E-state index contributed by atoms with van der Waals surface area (Å²) in [7, 11) is 0. The highest BCUT2D eigenvalue weighted by atomic mass is 16.6. The van der Waals surface area contributed by atoms with Crippen molar-refractivity contribution in [2.75, 3.05) is 0 Å². The van der Waals surface area contributed by atoms with Crippen LogP contribution >= 0.6 is 0 Å². The molecule has 4 atom stereocenters. The Kier molecular flexibility index (Phi) is 14.9. The van der Waals surface area contributed by atoms with Crippen molar-refractivity contribution in [3.8, 4) is 11.5 Å². The van der Waals surface area contributed by atoms with Gasteiger partial charge in [-0.2, -0.15) is 0 Å². The summed E-state index contributed by atoms with van der Waals surface area (Å²) in [5, 5.41) is 9.82. The molecule has 1 rings (SSSR count). The van der Waals surface area contributed by atoms with Gasteiger partial charge < -0.3 is 25.1 Å². The molecule has 0 fully saturated rings. The van der Waals surface area contributed by atoms with Crippen LogP contribution in [-0.4, -0.2) is 41.1 Å². The second kappa shape index (κ2) is 17.0. The molecule has 0 spiro atoms. The molecule has 0 saturated heterocycles. The summed E-state index contributed by atoms with van der Waals surface area (Å²) in [4.78, 5) is 49.8. The van der Waals surface area contributed by atoms with Crippen LogP contribution in [0.25, 0.3) is 0 Å². The van der Waals surface area contributed by atoms with Gasteiger partial charge in [-0.3, -0.25) is 19.2 Å². The second-order valence-electron chi connectivity index (χ2n) is 11.2. The van der Waals surface area contributed by atoms with Crippen LogP contribution < -0.4 is 15.2 Å². The lowest BCUT2D eigenvalue weighted by atomic mass is 9.79. The van der Waals surface area contributed by atoms with E-state index in [4.69, 9.17) is 19.9 Å². The van der Waals surface area contributed by atoms with E-state index in [0.717, 1.165) is 25.7 Å². The predicted molar refractivity (Wildman–Crippen MR) is 153 cm³/mol. The van der Waals surface area contributed by atoms with Gasteiger partial charge in [0.25, 0.3) is 0 Å². The monoisotopic (exact) mass is 563 g/mol. The third-order valence-corrected chi connectivity index (χ3v) is 7.48. The number of hydrogen-bond donors (Lipinski definition) is 2. The summed E-state index contributed by atoms with van der Waals surface area (Å²) < 4.78 is 16.9. The number of benzene rings is 1. The molecule has 0 aliphatic rings. The molecule has 9 heteroatoms. The highest BCUT2D eigenvalue weighted by Crippen LogP contribution is 2.38. The first-order valence-electron chi connectivity index (χ1n) is 14.5. The maximum absolute atomic E-state index is 12.7. The summed E-state index contributed by atoms with van der Waals surface area (Å²) in [5.74, 6) is -3.77. The van der Waals surface area contributed by atoms with Crippen molar-refractivity contribution in [2.24, 2.45) is 17.1 Å². The van der Waals surface area contributed by atoms with E-state index in [9.17, 15) is 24.3 Å². The smallest absolute Gasteiger partial charge is 0.321 e. The van der Waals surface area contributed by atoms with Gasteiger partial charge in [0.1, 0.15) is 12.1 Å². The van der Waals surface area contributed by atoms with E-state index in [1.165, 1.54) is 12.1 Å². The molecule has 1 aromatic carbocycles. The number of unbranched alkanes of at least 4 members (excludes halogenated alkanes) is 4. The van der Waals surface area contributed by atoms with E-state index in [1.54, 1.807) is 33.8 Å². The maximum atomic E-state index is 12.7. The molecule has 40 heavy (non-hydrogen) atoms. The average molecular weight is 564 g/mol. The minimum Gasteiger partial charge on any atom is -0.480 e. The molecular formula is C31H49NO8. The van der Waals surface area contributed by atoms with Gasteiger partial charge in [-0.15, -0.1) is 0 Å². The molecule has 0 radical (unpaired) electrons. The Morgan fingerprint density at radius 3 is 1.88 bits per heavy atom. The number of carboxylic acids is 1. The van der Waals surface area contributed by atoms with Crippen LogP contribution in [0.2, 0.25) is 0 Å². The zero-order valence-corrected chi connectivity index (χ0v) is 25.3. The van der Waals surface area contributed by atoms with Crippen LogP contribution in [-0.2, 0) is 23.9 Å². The third-order valence-electron chi connectivity index (χ3n) is 7.48. The molecule has 0 aliphatic heterocycles. The van der Waals surface area contributed by atoms with E-state index in [0.29, 0.717) is 24.8 Å². The zero-order valence-electron chi connectivity index (χ0n) is 25.3. The number of nitrogens with two attached hydrogens (primary N) is 1. The van der Waals surface area contributed by atoms with Crippen LogP contribution in [0.4, 0.5) is 0 Å². The maximum Gasteiger partial charge on any atom is 0.321 e. The fraction of sp³-hybridized carbons (Fsp3) is 0.677. The van der Waals surface area contributed by atoms with Gasteiger partial charge >= 0.3 is 23.9 Å². The van der Waals surface area contributed by atoms with Crippen molar-refractivity contribution in [1.29, 1.82) is 0 Å². The molecule has 3 unspecified atom stereocenters. The molecule has 0 aromatic heterocycles. The SMILES string of the molecule is CCCCCC(=O)Oc1ccc(C(C(C)C(C)OC(=O)C(C)(C)CC)[C@H](N)C(=O)O)cc1OC(=O)CCCCC. The molecule has 0 bridgehead atoms. The Hall–Kier alpha value is -2.94. The van der Waals surface area contributed by atoms with Crippen molar-refractivity contribution in [3.63, 3.8) is 0 Å². The van der Waals surface area contributed by atoms with E-state index in [-0.39, 0.29) is 30.3 Å². The highest BCUT2D eigenvalue weighted by molar-refractivity contribution is 5.78. The second-order valence-corrected chi connectivity index (χ2v) is 11.2. The van der Waals surface area contributed by atoms with Gasteiger partial charge in [-0.05, 0) is 57.7 Å². The van der Waals surface area contributed by atoms with Crippen LogP contribution in [0.3, 0.4) is 0 Å². The largest absolute Gasteiger partial charge is 0.480 e. The van der Waals surface area contributed by atoms with Crippen molar-refractivity contribution >= 4 is 23.9 Å². The molecule has 3 N–H and O–H groups in total. The van der Waals surface area contributed by atoms with Gasteiger partial charge in [0.15, 0.2) is 11.5 Å². The first-order valence-corrected chi connectivity index (χ1v) is 14.5. The molecule has 0 heterocycles. The number of hydrogen-bond acceptors (Lipinski definition) is 8. The summed E-state index contributed by atoms with van der Waals surface area (Å²) in [6.45, 7) is 13.0. The highest BCUT2D eigenvalue weighted by Gasteiger charge is 2.37. The van der Waals surface area contributed by atoms with Gasteiger partial charge in [0, 0.05) is 24.7 Å². The van der Waals surface area contributed by atoms with E-state index in [1.807, 2.05) is 20.8 Å². The lowest BCUT2D eigenvalue weighted by Crippen LogP contribution is -2.43. The molecule has 9 nitrogen and oxygen atoms in total. The number of carbonyl (C=O) groups is 4. The predicted octanol–water partition coefficient (Wildman–Crippen LogP) is 6.16. The molecule has 0 saturated carbocycles. The van der Waals surface area contributed by atoms with Crippen molar-refractivity contribution < 1.29 is 38.5 Å². The zero-order chi connectivity index (χ0) is 30.5. The van der Waals surface area contributed by atoms with Gasteiger partial charge in [-0.25, -0.2) is 0 Å². The normalized spacial score (nSPS) is 14.5. The standard InChI is InChI=1S/C31H49NO8/c1-8-11-13-15-25(33)39-23-18-17-22(19-24(23)40-26(34)16-14-12-9-2)27(28(32)29(35)36)20(4)21(5)38-30(37)31(6,7)10-3/h17-21,27-28H,8-16,32H2,1-7H3,(H,35,36)/t20?,21?,27?,28-/m0/s1. The van der Waals surface area contributed by atoms with Gasteiger partial charge in [-0.1, -0.05) is 59.4 Å². The third kappa shape index (κ3) is 10.9. The Labute approximate surface area is 239 Å². The Morgan fingerprint density at radius 1 is 0.875 bits per heavy atom. The lowest BCUT2D eigenvalue weighted by molar-refractivity contribution is -0.162. The summed E-state index contributed by atoms with van der Waals surface area (Å²) in [6, 6.07) is 3.26. The Balaban J connectivity index is 3.41. The van der Waals surface area contributed by atoms with Crippen LogP contribution in [0.1, 0.15) is 118 Å². The summed E-state index contributed by atoms with van der Waals surface area (Å²) >= 11 is 0. The fourth-order valence-corrected chi connectivity index (χ4v) is 4.15. The topological polar surface area (TPSA) is 142 Å². The van der Waals surface area contributed by atoms with Crippen molar-refractivity contribution in [1.82, 2.24) is 0 Å². The molecular weight excluding hydrogens is 514 g/mol. The Morgan fingerprint density at radius 2 is 1.40 bits per heavy atom. The number of esters is 3.